The van der Waals surface area contributed by atoms with Crippen LogP contribution in [0.25, 0.3) is 0 Å². The van der Waals surface area contributed by atoms with Crippen LogP contribution in [0.5, 0.6) is 0 Å². The lowest BCUT2D eigenvalue weighted by molar-refractivity contribution is -0.137. The number of nitrogens with two attached hydrogens (primary N) is 1. The number of amides is 1. The predicted octanol–water partition coefficient (Wildman–Crippen LogP) is 3.19. The van der Waals surface area contributed by atoms with E-state index in [4.69, 9.17) is 5.73 Å². The Kier molecular flexibility index (Phi) is 10.7. The van der Waals surface area contributed by atoms with Gasteiger partial charge in [0.15, 0.2) is 0 Å². The Morgan fingerprint density at radius 3 is 2.52 bits per heavy atom. The standard InChI is InChI=1S/C19H31N3O.2ClH/c1-19(2,14-20)15-21(3)18(23)17-10-7-11-22(13-17)12-16-8-5-4-6-9-16;;/h4-6,8-9,17H,7,10-15,20H2,1-3H3;2*1H. The molecule has 25 heavy (non-hydrogen) atoms. The zero-order chi connectivity index (χ0) is 16.9. The summed E-state index contributed by atoms with van der Waals surface area (Å²) in [5, 5.41) is 0. The van der Waals surface area contributed by atoms with Crippen molar-refractivity contribution < 1.29 is 4.79 Å². The minimum atomic E-state index is -0.0250. The fraction of sp³-hybridized carbons (Fsp3) is 0.632. The van der Waals surface area contributed by atoms with E-state index in [-0.39, 0.29) is 42.1 Å². The first kappa shape index (κ1) is 24.2. The molecule has 2 N–H and O–H groups in total. The van der Waals surface area contributed by atoms with Gasteiger partial charge in [-0.3, -0.25) is 9.69 Å². The molecule has 1 fully saturated rings. The summed E-state index contributed by atoms with van der Waals surface area (Å²) in [6.07, 6.45) is 2.09. The molecule has 1 unspecified atom stereocenters. The van der Waals surface area contributed by atoms with Crippen molar-refractivity contribution in [2.45, 2.75) is 33.2 Å². The third kappa shape index (κ3) is 7.53. The van der Waals surface area contributed by atoms with Gasteiger partial charge in [0.1, 0.15) is 0 Å². The fourth-order valence-electron chi connectivity index (χ4n) is 3.34. The van der Waals surface area contributed by atoms with Crippen molar-refractivity contribution in [1.82, 2.24) is 9.80 Å². The number of nitrogens with zero attached hydrogens (tertiary/aromatic N) is 2. The molecule has 0 saturated carbocycles. The number of benzene rings is 1. The van der Waals surface area contributed by atoms with Crippen molar-refractivity contribution in [3.05, 3.63) is 35.9 Å². The molecular formula is C19H33Cl2N3O. The quantitative estimate of drug-likeness (QED) is 0.812. The summed E-state index contributed by atoms with van der Waals surface area (Å²) in [6.45, 7) is 8.41. The van der Waals surface area contributed by atoms with E-state index < -0.39 is 0 Å². The highest BCUT2D eigenvalue weighted by Gasteiger charge is 2.30. The van der Waals surface area contributed by atoms with Gasteiger partial charge in [0.05, 0.1) is 5.92 Å². The second-order valence-corrected chi connectivity index (χ2v) is 7.62. The first-order valence-corrected chi connectivity index (χ1v) is 8.62. The first-order valence-electron chi connectivity index (χ1n) is 8.62. The third-order valence-corrected chi connectivity index (χ3v) is 4.70. The molecule has 0 spiro atoms. The molecular weight excluding hydrogens is 357 g/mol. The van der Waals surface area contributed by atoms with Crippen LogP contribution >= 0.6 is 24.8 Å². The fourth-order valence-corrected chi connectivity index (χ4v) is 3.34. The molecule has 1 saturated heterocycles. The third-order valence-electron chi connectivity index (χ3n) is 4.70. The molecule has 1 aromatic carbocycles. The van der Waals surface area contributed by atoms with E-state index in [1.165, 1.54) is 5.56 Å². The lowest BCUT2D eigenvalue weighted by Gasteiger charge is -2.36. The Labute approximate surface area is 164 Å². The molecule has 1 heterocycles. The smallest absolute Gasteiger partial charge is 0.226 e. The number of piperidine rings is 1. The summed E-state index contributed by atoms with van der Waals surface area (Å²) in [7, 11) is 1.91. The molecule has 1 aliphatic heterocycles. The molecule has 0 aromatic heterocycles. The maximum absolute atomic E-state index is 12.7. The summed E-state index contributed by atoms with van der Waals surface area (Å²) >= 11 is 0. The molecule has 0 bridgehead atoms. The number of likely N-dealkylation sites (tertiary alicyclic amines) is 1. The topological polar surface area (TPSA) is 49.6 Å². The van der Waals surface area contributed by atoms with E-state index in [1.54, 1.807) is 0 Å². The number of rotatable bonds is 6. The van der Waals surface area contributed by atoms with E-state index in [0.717, 1.165) is 39.0 Å². The van der Waals surface area contributed by atoms with Crippen molar-refractivity contribution >= 4 is 30.7 Å². The van der Waals surface area contributed by atoms with Crippen LogP contribution in [0.15, 0.2) is 30.3 Å². The maximum atomic E-state index is 12.7. The average Bonchev–Trinajstić information content (AvgIpc) is 2.55. The summed E-state index contributed by atoms with van der Waals surface area (Å²) in [5.74, 6) is 0.385. The van der Waals surface area contributed by atoms with Gasteiger partial charge in [-0.2, -0.15) is 0 Å². The Morgan fingerprint density at radius 2 is 1.92 bits per heavy atom. The van der Waals surface area contributed by atoms with Crippen LogP contribution in [0.3, 0.4) is 0 Å². The van der Waals surface area contributed by atoms with Crippen LogP contribution in [-0.4, -0.2) is 48.9 Å². The van der Waals surface area contributed by atoms with Crippen LogP contribution in [-0.2, 0) is 11.3 Å². The Balaban J connectivity index is 0.00000288. The van der Waals surface area contributed by atoms with E-state index in [0.29, 0.717) is 6.54 Å². The summed E-state index contributed by atoms with van der Waals surface area (Å²) in [6, 6.07) is 10.5. The predicted molar refractivity (Wildman–Crippen MR) is 109 cm³/mol. The van der Waals surface area contributed by atoms with E-state index in [2.05, 4.69) is 43.0 Å². The van der Waals surface area contributed by atoms with Gasteiger partial charge in [0.25, 0.3) is 0 Å². The van der Waals surface area contributed by atoms with E-state index in [9.17, 15) is 4.79 Å². The minimum absolute atomic E-state index is 0. The first-order chi connectivity index (χ1) is 10.9. The molecule has 4 nitrogen and oxygen atoms in total. The molecule has 0 radical (unpaired) electrons. The molecule has 1 amide bonds. The summed E-state index contributed by atoms with van der Waals surface area (Å²) in [4.78, 5) is 17.0. The normalized spacial score (nSPS) is 18.0. The van der Waals surface area contributed by atoms with Crippen molar-refractivity contribution in [3.8, 4) is 0 Å². The zero-order valence-corrected chi connectivity index (χ0v) is 17.2. The SMILES string of the molecule is CN(CC(C)(C)CN)C(=O)C1CCCN(Cc2ccccc2)C1.Cl.Cl. The molecule has 1 atom stereocenters. The van der Waals surface area contributed by atoms with Crippen LogP contribution in [0.2, 0.25) is 0 Å². The van der Waals surface area contributed by atoms with Gasteiger partial charge in [-0.1, -0.05) is 44.2 Å². The molecule has 1 aliphatic rings. The van der Waals surface area contributed by atoms with E-state index >= 15 is 0 Å². The van der Waals surface area contributed by atoms with E-state index in [1.807, 2.05) is 18.0 Å². The highest BCUT2D eigenvalue weighted by molar-refractivity contribution is 5.85. The molecule has 2 rings (SSSR count). The number of carbonyl (C=O) groups is 1. The zero-order valence-electron chi connectivity index (χ0n) is 15.6. The molecule has 6 heteroatoms. The van der Waals surface area contributed by atoms with Gasteiger partial charge < -0.3 is 10.6 Å². The highest BCUT2D eigenvalue weighted by Crippen LogP contribution is 2.22. The summed E-state index contributed by atoms with van der Waals surface area (Å²) < 4.78 is 0. The monoisotopic (exact) mass is 389 g/mol. The lowest BCUT2D eigenvalue weighted by atomic mass is 9.91. The van der Waals surface area contributed by atoms with Crippen molar-refractivity contribution in [1.29, 1.82) is 0 Å². The largest absolute Gasteiger partial charge is 0.345 e. The number of halogens is 2. The van der Waals surface area contributed by atoms with Gasteiger partial charge >= 0.3 is 0 Å². The van der Waals surface area contributed by atoms with Crippen LogP contribution < -0.4 is 5.73 Å². The Hall–Kier alpha value is -0.810. The Morgan fingerprint density at radius 1 is 1.28 bits per heavy atom. The minimum Gasteiger partial charge on any atom is -0.345 e. The number of hydrogen-bond donors (Lipinski definition) is 1. The lowest BCUT2D eigenvalue weighted by Crippen LogP contribution is -2.46. The maximum Gasteiger partial charge on any atom is 0.226 e. The molecule has 1 aromatic rings. The van der Waals surface area contributed by atoms with Gasteiger partial charge in [-0.15, -0.1) is 24.8 Å². The van der Waals surface area contributed by atoms with Gasteiger partial charge in [-0.25, -0.2) is 0 Å². The van der Waals surface area contributed by atoms with Crippen molar-refractivity contribution in [2.24, 2.45) is 17.1 Å². The van der Waals surface area contributed by atoms with Crippen LogP contribution in [0, 0.1) is 11.3 Å². The second kappa shape index (κ2) is 11.0. The molecule has 0 aliphatic carbocycles. The van der Waals surface area contributed by atoms with Crippen molar-refractivity contribution in [2.75, 3.05) is 33.2 Å². The average molecular weight is 390 g/mol. The number of hydrogen-bond acceptors (Lipinski definition) is 3. The van der Waals surface area contributed by atoms with Crippen LogP contribution in [0.1, 0.15) is 32.3 Å². The Bertz CT molecular complexity index is 511. The van der Waals surface area contributed by atoms with Gasteiger partial charge in [0.2, 0.25) is 5.91 Å². The summed E-state index contributed by atoms with van der Waals surface area (Å²) in [5.41, 5.74) is 7.09. The molecule has 144 valence electrons. The highest BCUT2D eigenvalue weighted by atomic mass is 35.5. The van der Waals surface area contributed by atoms with Crippen molar-refractivity contribution in [3.63, 3.8) is 0 Å². The number of carbonyl (C=O) groups excluding carboxylic acids is 1. The second-order valence-electron chi connectivity index (χ2n) is 7.62. The van der Waals surface area contributed by atoms with Gasteiger partial charge in [-0.05, 0) is 36.9 Å². The van der Waals surface area contributed by atoms with Gasteiger partial charge in [0, 0.05) is 26.7 Å². The van der Waals surface area contributed by atoms with Crippen LogP contribution in [0.4, 0.5) is 0 Å².